The van der Waals surface area contributed by atoms with Gasteiger partial charge in [-0.2, -0.15) is 0 Å². The van der Waals surface area contributed by atoms with Crippen LogP contribution >= 0.6 is 0 Å². The van der Waals surface area contributed by atoms with Crippen molar-refractivity contribution in [1.29, 1.82) is 0 Å². The van der Waals surface area contributed by atoms with Crippen molar-refractivity contribution in [3.05, 3.63) is 65.5 Å². The molecule has 1 saturated carbocycles. The van der Waals surface area contributed by atoms with E-state index in [1.165, 1.54) is 24.3 Å². The highest BCUT2D eigenvalue weighted by Crippen LogP contribution is 2.44. The lowest BCUT2D eigenvalue weighted by Gasteiger charge is -2.33. The fourth-order valence-corrected chi connectivity index (χ4v) is 5.08. The van der Waals surface area contributed by atoms with Gasteiger partial charge in [-0.25, -0.2) is 18.0 Å². The molecule has 0 unspecified atom stereocenters. The molecular formula is C24H27F3N2O. The summed E-state index contributed by atoms with van der Waals surface area (Å²) >= 11 is 0. The minimum atomic E-state index is -0.618. The number of hydrogen-bond acceptors (Lipinski definition) is 1. The van der Waals surface area contributed by atoms with Gasteiger partial charge in [0, 0.05) is 24.2 Å². The van der Waals surface area contributed by atoms with E-state index in [1.54, 1.807) is 17.0 Å². The second kappa shape index (κ2) is 8.32. The van der Waals surface area contributed by atoms with Crippen LogP contribution < -0.4 is 4.90 Å². The van der Waals surface area contributed by atoms with Gasteiger partial charge in [0.2, 0.25) is 0 Å². The maximum Gasteiger partial charge on any atom is 0.325 e. The van der Waals surface area contributed by atoms with Gasteiger partial charge in [0.05, 0.1) is 12.1 Å². The first kappa shape index (κ1) is 20.8. The summed E-state index contributed by atoms with van der Waals surface area (Å²) in [6.07, 6.45) is 3.33. The first-order valence-electron chi connectivity index (χ1n) is 10.7. The molecule has 30 heavy (non-hydrogen) atoms. The van der Waals surface area contributed by atoms with Gasteiger partial charge >= 0.3 is 6.03 Å². The lowest BCUT2D eigenvalue weighted by Crippen LogP contribution is -2.42. The molecule has 2 amide bonds. The Morgan fingerprint density at radius 1 is 1.00 bits per heavy atom. The predicted octanol–water partition coefficient (Wildman–Crippen LogP) is 6.10. The lowest BCUT2D eigenvalue weighted by molar-refractivity contribution is 0.189. The summed E-state index contributed by atoms with van der Waals surface area (Å²) in [7, 11) is 0. The van der Waals surface area contributed by atoms with E-state index in [0.717, 1.165) is 25.3 Å². The van der Waals surface area contributed by atoms with E-state index in [4.69, 9.17) is 0 Å². The third kappa shape index (κ3) is 3.80. The van der Waals surface area contributed by atoms with E-state index in [0.29, 0.717) is 24.2 Å². The van der Waals surface area contributed by atoms with Gasteiger partial charge < -0.3 is 4.90 Å². The fourth-order valence-electron chi connectivity index (χ4n) is 5.08. The lowest BCUT2D eigenvalue weighted by atomic mass is 9.84. The Morgan fingerprint density at radius 3 is 2.43 bits per heavy atom. The highest BCUT2D eigenvalue weighted by atomic mass is 19.1. The van der Waals surface area contributed by atoms with Crippen LogP contribution in [0.2, 0.25) is 0 Å². The van der Waals surface area contributed by atoms with Crippen molar-refractivity contribution in [2.45, 2.75) is 57.5 Å². The highest BCUT2D eigenvalue weighted by molar-refractivity contribution is 5.96. The largest absolute Gasteiger partial charge is 0.325 e. The number of anilines is 1. The smallest absolute Gasteiger partial charge is 0.319 e. The summed E-state index contributed by atoms with van der Waals surface area (Å²) in [6.45, 7) is 4.70. The minimum Gasteiger partial charge on any atom is -0.319 e. The summed E-state index contributed by atoms with van der Waals surface area (Å²) < 4.78 is 42.4. The van der Waals surface area contributed by atoms with Gasteiger partial charge in [0.1, 0.15) is 17.5 Å². The Bertz CT molecular complexity index is 932. The van der Waals surface area contributed by atoms with Crippen LogP contribution in [0.15, 0.2) is 42.5 Å². The molecule has 160 valence electrons. The number of halogens is 3. The van der Waals surface area contributed by atoms with E-state index in [1.807, 2.05) is 4.90 Å². The molecule has 3 nitrogen and oxygen atoms in total. The Hall–Kier alpha value is -2.50. The first-order valence-corrected chi connectivity index (χ1v) is 10.7. The molecule has 1 aliphatic carbocycles. The van der Waals surface area contributed by atoms with Gasteiger partial charge in [-0.15, -0.1) is 0 Å². The van der Waals surface area contributed by atoms with Crippen molar-refractivity contribution < 1.29 is 18.0 Å². The molecule has 2 aromatic rings. The Kier molecular flexibility index (Phi) is 5.76. The predicted molar refractivity (Wildman–Crippen MR) is 111 cm³/mol. The van der Waals surface area contributed by atoms with Crippen molar-refractivity contribution in [2.24, 2.45) is 5.92 Å². The number of rotatable bonds is 4. The van der Waals surface area contributed by atoms with E-state index < -0.39 is 17.5 Å². The summed E-state index contributed by atoms with van der Waals surface area (Å²) in [5.41, 5.74) is 0.907. The molecule has 1 aliphatic heterocycles. The molecule has 2 fully saturated rings. The zero-order valence-corrected chi connectivity index (χ0v) is 17.3. The quantitative estimate of drug-likeness (QED) is 0.591. The normalized spacial score (nSPS) is 24.3. The maximum atomic E-state index is 14.8. The van der Waals surface area contributed by atoms with E-state index in [9.17, 15) is 18.0 Å². The summed E-state index contributed by atoms with van der Waals surface area (Å²) in [5.74, 6) is -1.65. The Labute approximate surface area is 175 Å². The molecule has 0 bridgehead atoms. The zero-order valence-electron chi connectivity index (χ0n) is 17.3. The highest BCUT2D eigenvalue weighted by Gasteiger charge is 2.51. The number of urea groups is 1. The summed E-state index contributed by atoms with van der Waals surface area (Å²) in [5, 5.41) is 0. The van der Waals surface area contributed by atoms with Crippen LogP contribution in [0.3, 0.4) is 0 Å². The van der Waals surface area contributed by atoms with Gasteiger partial charge in [-0.05, 0) is 48.6 Å². The number of nitrogens with zero attached hydrogens (tertiary/aromatic N) is 2. The third-order valence-electron chi connectivity index (χ3n) is 6.23. The maximum absolute atomic E-state index is 14.8. The number of benzene rings is 2. The second-order valence-corrected chi connectivity index (χ2v) is 8.79. The molecule has 3 atom stereocenters. The third-order valence-corrected chi connectivity index (χ3v) is 6.23. The van der Waals surface area contributed by atoms with Gasteiger partial charge in [0.25, 0.3) is 0 Å². The zero-order chi connectivity index (χ0) is 21.4. The van der Waals surface area contributed by atoms with E-state index in [-0.39, 0.29) is 30.0 Å². The van der Waals surface area contributed by atoms with Gasteiger partial charge in [-0.1, -0.05) is 38.8 Å². The molecule has 4 rings (SSSR count). The molecule has 1 heterocycles. The van der Waals surface area contributed by atoms with Crippen LogP contribution in [0.4, 0.5) is 23.7 Å². The van der Waals surface area contributed by atoms with Crippen molar-refractivity contribution in [3.8, 4) is 0 Å². The van der Waals surface area contributed by atoms with Crippen LogP contribution in [-0.4, -0.2) is 29.6 Å². The van der Waals surface area contributed by atoms with E-state index in [2.05, 4.69) is 13.8 Å². The number of carbonyl (C=O) groups is 1. The topological polar surface area (TPSA) is 23.6 Å². The second-order valence-electron chi connectivity index (χ2n) is 8.79. The summed E-state index contributed by atoms with van der Waals surface area (Å²) in [4.78, 5) is 17.0. The Morgan fingerprint density at radius 2 is 1.73 bits per heavy atom. The van der Waals surface area contributed by atoms with Gasteiger partial charge in [-0.3, -0.25) is 4.90 Å². The average molecular weight is 416 g/mol. The standard InChI is InChI=1S/C24H27F3N2O/c1-15(2)14-28-22-9-4-3-8-20(19-11-10-17(26)13-21(19)27)23(22)29(24(28)30)18-7-5-6-16(25)12-18/h5-7,10-13,15,20,22-23H,3-4,8-9,14H2,1-2H3/t20-,22-,23+/m0/s1. The number of fused-ring (bicyclic) bond motifs is 1. The van der Waals surface area contributed by atoms with Crippen LogP contribution in [0.5, 0.6) is 0 Å². The van der Waals surface area contributed by atoms with Crippen LogP contribution in [0.1, 0.15) is 51.0 Å². The molecular weight excluding hydrogens is 389 g/mol. The SMILES string of the molecule is CC(C)CN1C(=O)N(c2cccc(F)c2)[C@@H]2[C@H](c3ccc(F)cc3F)CCCC[C@@H]21. The molecule has 1 saturated heterocycles. The van der Waals surface area contributed by atoms with Crippen molar-refractivity contribution >= 4 is 11.7 Å². The molecule has 0 radical (unpaired) electrons. The molecule has 0 aromatic heterocycles. The number of hydrogen-bond donors (Lipinski definition) is 0. The average Bonchev–Trinajstić information content (AvgIpc) is 2.82. The van der Waals surface area contributed by atoms with Crippen LogP contribution in [0, 0.1) is 23.4 Å². The molecule has 0 N–H and O–H groups in total. The summed E-state index contributed by atoms with van der Waals surface area (Å²) in [6, 6.07) is 9.09. The van der Waals surface area contributed by atoms with E-state index >= 15 is 0 Å². The van der Waals surface area contributed by atoms with Crippen LogP contribution in [0.25, 0.3) is 0 Å². The molecule has 6 heteroatoms. The van der Waals surface area contributed by atoms with Crippen molar-refractivity contribution in [2.75, 3.05) is 11.4 Å². The monoisotopic (exact) mass is 416 g/mol. The number of carbonyl (C=O) groups excluding carboxylic acids is 1. The molecule has 2 aliphatic rings. The van der Waals surface area contributed by atoms with Crippen molar-refractivity contribution in [3.63, 3.8) is 0 Å². The number of amides is 2. The van der Waals surface area contributed by atoms with Crippen molar-refractivity contribution in [1.82, 2.24) is 4.90 Å². The molecule has 2 aromatic carbocycles. The van der Waals surface area contributed by atoms with Gasteiger partial charge in [0.15, 0.2) is 0 Å². The first-order chi connectivity index (χ1) is 14.4. The van der Waals surface area contributed by atoms with Crippen LogP contribution in [-0.2, 0) is 0 Å². The Balaban J connectivity index is 1.84. The minimum absolute atomic E-state index is 0.0971. The molecule has 0 spiro atoms. The fraction of sp³-hybridized carbons (Fsp3) is 0.458.